The van der Waals surface area contributed by atoms with Crippen molar-refractivity contribution in [3.8, 4) is 45.3 Å². The lowest BCUT2D eigenvalue weighted by atomic mass is 9.91. The van der Waals surface area contributed by atoms with Gasteiger partial charge in [-0.1, -0.05) is 81.4 Å². The van der Waals surface area contributed by atoms with Crippen molar-refractivity contribution in [2.75, 3.05) is 0 Å². The van der Waals surface area contributed by atoms with Gasteiger partial charge in [0.25, 0.3) is 0 Å². The van der Waals surface area contributed by atoms with Crippen molar-refractivity contribution >= 4 is 32.7 Å². The highest BCUT2D eigenvalue weighted by atomic mass is 14.9. The molecular formula is C40H30N6. The van der Waals surface area contributed by atoms with Crippen LogP contribution in [0, 0.1) is 0 Å². The van der Waals surface area contributed by atoms with Crippen LogP contribution in [0.4, 0.5) is 0 Å². The van der Waals surface area contributed by atoms with Crippen LogP contribution in [0.25, 0.3) is 78.0 Å². The number of fused-ring (bicyclic) bond motifs is 4. The Morgan fingerprint density at radius 1 is 0.478 bits per heavy atom. The third kappa shape index (κ3) is 5.04. The number of nitrogens with zero attached hydrogens (tertiary/aromatic N) is 6. The van der Waals surface area contributed by atoms with E-state index in [1.165, 1.54) is 0 Å². The molecule has 3 aromatic carbocycles. The lowest BCUT2D eigenvalue weighted by Crippen LogP contribution is -2.13. The smallest absolute Gasteiger partial charge is 0.179 e. The molecule has 6 nitrogen and oxygen atoms in total. The Morgan fingerprint density at radius 3 is 1.89 bits per heavy atom. The first-order valence-corrected chi connectivity index (χ1v) is 15.4. The number of aromatic nitrogens is 6. The van der Waals surface area contributed by atoms with Gasteiger partial charge in [0.2, 0.25) is 0 Å². The summed E-state index contributed by atoms with van der Waals surface area (Å²) in [6.45, 7) is 6.57. The molecule has 8 rings (SSSR count). The van der Waals surface area contributed by atoms with E-state index in [-0.39, 0.29) is 5.41 Å². The Morgan fingerprint density at radius 2 is 1.15 bits per heavy atom. The van der Waals surface area contributed by atoms with Gasteiger partial charge >= 0.3 is 0 Å². The molecule has 46 heavy (non-hydrogen) atoms. The van der Waals surface area contributed by atoms with Crippen LogP contribution in [-0.4, -0.2) is 29.9 Å². The molecule has 0 atom stereocenters. The lowest BCUT2D eigenvalue weighted by Gasteiger charge is -2.18. The van der Waals surface area contributed by atoms with Gasteiger partial charge in [-0.25, -0.2) is 19.9 Å². The average molecular weight is 595 g/mol. The molecule has 0 saturated carbocycles. The van der Waals surface area contributed by atoms with E-state index in [1.54, 1.807) is 12.4 Å². The second-order valence-corrected chi connectivity index (χ2v) is 12.5. The average Bonchev–Trinajstić information content (AvgIpc) is 3.10. The number of hydrogen-bond acceptors (Lipinski definition) is 6. The van der Waals surface area contributed by atoms with Gasteiger partial charge in [-0.05, 0) is 65.7 Å². The Labute approximate surface area is 266 Å². The number of rotatable bonds is 4. The maximum atomic E-state index is 5.17. The van der Waals surface area contributed by atoms with E-state index in [0.29, 0.717) is 11.5 Å². The molecule has 0 aliphatic carbocycles. The fraction of sp³-hybridized carbons (Fsp3) is 0.100. The third-order valence-electron chi connectivity index (χ3n) is 8.28. The van der Waals surface area contributed by atoms with Crippen molar-refractivity contribution in [2.45, 2.75) is 26.2 Å². The zero-order valence-corrected chi connectivity index (χ0v) is 25.8. The van der Waals surface area contributed by atoms with Gasteiger partial charge in [-0.15, -0.1) is 0 Å². The van der Waals surface area contributed by atoms with Crippen LogP contribution in [0.15, 0.2) is 128 Å². The van der Waals surface area contributed by atoms with Crippen molar-refractivity contribution in [1.29, 1.82) is 0 Å². The quantitative estimate of drug-likeness (QED) is 0.189. The lowest BCUT2D eigenvalue weighted by molar-refractivity contribution is 0.571. The van der Waals surface area contributed by atoms with E-state index >= 15 is 0 Å². The van der Waals surface area contributed by atoms with Crippen molar-refractivity contribution in [2.24, 2.45) is 0 Å². The van der Waals surface area contributed by atoms with Crippen LogP contribution in [0.1, 0.15) is 26.5 Å². The van der Waals surface area contributed by atoms with Crippen LogP contribution in [0.2, 0.25) is 0 Å². The number of pyridine rings is 4. The van der Waals surface area contributed by atoms with Gasteiger partial charge in [-0.3, -0.25) is 9.97 Å². The van der Waals surface area contributed by atoms with E-state index in [9.17, 15) is 0 Å². The normalized spacial score (nSPS) is 11.8. The Hall–Kier alpha value is -5.88. The maximum Gasteiger partial charge on any atom is 0.179 e. The van der Waals surface area contributed by atoms with Crippen molar-refractivity contribution in [1.82, 2.24) is 29.9 Å². The Balaban J connectivity index is 1.24. The monoisotopic (exact) mass is 594 g/mol. The van der Waals surface area contributed by atoms with E-state index in [2.05, 4.69) is 110 Å². The van der Waals surface area contributed by atoms with E-state index in [4.69, 9.17) is 19.9 Å². The minimum atomic E-state index is -0.0518. The molecule has 0 aliphatic rings. The molecule has 6 heteroatoms. The zero-order chi connectivity index (χ0) is 31.3. The molecule has 0 fully saturated rings. The summed E-state index contributed by atoms with van der Waals surface area (Å²) in [6.07, 6.45) is 3.54. The summed E-state index contributed by atoms with van der Waals surface area (Å²) < 4.78 is 0. The topological polar surface area (TPSA) is 77.3 Å². The van der Waals surface area contributed by atoms with Gasteiger partial charge in [0.15, 0.2) is 5.82 Å². The zero-order valence-electron chi connectivity index (χ0n) is 25.8. The second kappa shape index (κ2) is 10.9. The molecule has 0 spiro atoms. The van der Waals surface area contributed by atoms with Crippen LogP contribution in [-0.2, 0) is 5.41 Å². The fourth-order valence-corrected chi connectivity index (χ4v) is 5.82. The van der Waals surface area contributed by atoms with E-state index < -0.39 is 0 Å². The van der Waals surface area contributed by atoms with E-state index in [1.807, 2.05) is 36.4 Å². The summed E-state index contributed by atoms with van der Waals surface area (Å²) in [5.41, 5.74) is 10.0. The molecule has 5 aromatic heterocycles. The van der Waals surface area contributed by atoms with Gasteiger partial charge in [0.05, 0.1) is 27.9 Å². The SMILES string of the molecule is CC(C)(C)c1ccc2ccc3ccc(-c4cccc(-c5ccc6c(-c7ccccn7)nc(-c7ccccn7)nc6c5)c4)nc3c2n1. The second-order valence-electron chi connectivity index (χ2n) is 12.5. The molecule has 0 bridgehead atoms. The standard InChI is InChI=1S/C40H30N6/c1-40(2,3)35-20-17-26-14-13-25-16-19-31(43-36(25)37(26)45-35)29-10-8-9-27(23-29)28-15-18-30-34(24-28)44-39(33-12-5-7-22-42-33)46-38(30)32-11-4-6-21-41-32/h4-24H,1-3H3. The molecule has 5 heterocycles. The largest absolute Gasteiger partial charge is 0.255 e. The molecule has 220 valence electrons. The Bertz CT molecular complexity index is 2400. The van der Waals surface area contributed by atoms with Gasteiger partial charge in [0, 0.05) is 45.2 Å². The minimum Gasteiger partial charge on any atom is -0.255 e. The first kappa shape index (κ1) is 27.7. The van der Waals surface area contributed by atoms with Crippen LogP contribution < -0.4 is 0 Å². The predicted octanol–water partition coefficient (Wildman–Crippen LogP) is 9.48. The third-order valence-corrected chi connectivity index (χ3v) is 8.28. The minimum absolute atomic E-state index is 0.0518. The van der Waals surface area contributed by atoms with Crippen LogP contribution in [0.3, 0.4) is 0 Å². The van der Waals surface area contributed by atoms with Gasteiger partial charge < -0.3 is 0 Å². The summed E-state index contributed by atoms with van der Waals surface area (Å²) in [5.74, 6) is 0.565. The van der Waals surface area contributed by atoms with Crippen LogP contribution >= 0.6 is 0 Å². The van der Waals surface area contributed by atoms with Gasteiger partial charge in [-0.2, -0.15) is 0 Å². The molecule has 8 aromatic rings. The summed E-state index contributed by atoms with van der Waals surface area (Å²) in [7, 11) is 0. The first-order chi connectivity index (χ1) is 22.4. The Kier molecular flexibility index (Phi) is 6.57. The van der Waals surface area contributed by atoms with Crippen molar-refractivity contribution in [3.05, 3.63) is 133 Å². The van der Waals surface area contributed by atoms with Crippen molar-refractivity contribution in [3.63, 3.8) is 0 Å². The molecule has 0 unspecified atom stereocenters. The predicted molar refractivity (Wildman–Crippen MR) is 186 cm³/mol. The van der Waals surface area contributed by atoms with Gasteiger partial charge in [0.1, 0.15) is 11.4 Å². The molecule has 0 N–H and O–H groups in total. The molecular weight excluding hydrogens is 564 g/mol. The fourth-order valence-electron chi connectivity index (χ4n) is 5.82. The highest BCUT2D eigenvalue weighted by Crippen LogP contribution is 2.33. The summed E-state index contributed by atoms with van der Waals surface area (Å²) in [5, 5.41) is 3.10. The maximum absolute atomic E-state index is 5.17. The summed E-state index contributed by atoms with van der Waals surface area (Å²) in [6, 6.07) is 39.2. The highest BCUT2D eigenvalue weighted by molar-refractivity contribution is 6.03. The van der Waals surface area contributed by atoms with Crippen LogP contribution in [0.5, 0.6) is 0 Å². The number of benzene rings is 3. The van der Waals surface area contributed by atoms with Crippen molar-refractivity contribution < 1.29 is 0 Å². The van der Waals surface area contributed by atoms with E-state index in [0.717, 1.165) is 72.2 Å². The first-order valence-electron chi connectivity index (χ1n) is 15.4. The molecule has 0 radical (unpaired) electrons. The summed E-state index contributed by atoms with van der Waals surface area (Å²) in [4.78, 5) is 29.2. The number of hydrogen-bond donors (Lipinski definition) is 0. The molecule has 0 aliphatic heterocycles. The molecule has 0 amide bonds. The molecule has 0 saturated heterocycles. The summed E-state index contributed by atoms with van der Waals surface area (Å²) >= 11 is 0. The highest BCUT2D eigenvalue weighted by Gasteiger charge is 2.17.